The van der Waals surface area contributed by atoms with Crippen LogP contribution in [0.1, 0.15) is 6.42 Å². The van der Waals surface area contributed by atoms with Gasteiger partial charge >= 0.3 is 48.4 Å². The van der Waals surface area contributed by atoms with Crippen LogP contribution in [-0.2, 0) is 19.8 Å². The van der Waals surface area contributed by atoms with Gasteiger partial charge in [0.05, 0.1) is 0 Å². The summed E-state index contributed by atoms with van der Waals surface area (Å²) in [4.78, 5) is 0. The zero-order chi connectivity index (χ0) is 4.41. The van der Waals surface area contributed by atoms with Gasteiger partial charge in [-0.25, -0.2) is 0 Å². The van der Waals surface area contributed by atoms with Gasteiger partial charge in [-0.1, -0.05) is 0 Å². The van der Waals surface area contributed by atoms with Crippen LogP contribution in [-0.4, -0.2) is 0 Å². The van der Waals surface area contributed by atoms with Crippen LogP contribution >= 0.6 is 0 Å². The molecule has 0 radical (unpaired) electrons. The van der Waals surface area contributed by atoms with Crippen LogP contribution in [0.25, 0.3) is 0 Å². The van der Waals surface area contributed by atoms with Crippen LogP contribution in [0.15, 0.2) is 22.2 Å². The third kappa shape index (κ3) is 6.93. The minimum atomic E-state index is 0. The van der Waals surface area contributed by atoms with Crippen LogP contribution < -0.4 is 37.2 Å². The average molecular weight is 367 g/mol. The second-order valence-electron chi connectivity index (χ2n) is 1.21. The van der Waals surface area contributed by atoms with Gasteiger partial charge in [0.25, 0.3) is 0 Å². The van der Waals surface area contributed by atoms with Gasteiger partial charge < -0.3 is 37.2 Å². The Balaban J connectivity index is -0.000000120. The summed E-state index contributed by atoms with van der Waals surface area (Å²) in [5.74, 6) is 0. The van der Waals surface area contributed by atoms with Gasteiger partial charge in [0, 0.05) is 0 Å². The Morgan fingerprint density at radius 3 is 1.89 bits per heavy atom. The Labute approximate surface area is 85.3 Å². The summed E-state index contributed by atoms with van der Waals surface area (Å²) in [7, 11) is 0. The van der Waals surface area contributed by atoms with E-state index < -0.39 is 0 Å². The Morgan fingerprint density at radius 2 is 1.78 bits per heavy atom. The van der Waals surface area contributed by atoms with Gasteiger partial charge in [0.15, 0.2) is 0 Å². The van der Waals surface area contributed by atoms with E-state index in [9.17, 15) is 0 Å². The summed E-state index contributed by atoms with van der Waals surface area (Å²) in [6, 6.07) is 0. The first-order valence-corrected chi connectivity index (χ1v) is 3.01. The molecule has 0 atom stereocenters. The molecule has 0 amide bonds. The molecule has 9 heavy (non-hydrogen) atoms. The number of allylic oxidation sites excluding steroid dienone is 4. The predicted octanol–water partition coefficient (Wildman–Crippen LogP) is -7.61. The molecule has 1 aliphatic carbocycles. The van der Waals surface area contributed by atoms with Crippen molar-refractivity contribution in [3.8, 4) is 0 Å². The molecule has 0 aromatic heterocycles. The molecule has 0 aromatic rings. The molecule has 0 fully saturated rings. The van der Waals surface area contributed by atoms with Crippen molar-refractivity contribution >= 4 is 0 Å². The molecule has 0 saturated heterocycles. The van der Waals surface area contributed by atoms with E-state index in [2.05, 4.69) is 38.0 Å². The number of rotatable bonds is 0. The molecule has 1 aliphatic rings. The van der Waals surface area contributed by atoms with E-state index in [1.807, 2.05) is 0 Å². The van der Waals surface area contributed by atoms with Crippen LogP contribution in [0.4, 0.5) is 0 Å². The molecule has 0 unspecified atom stereocenters. The number of halogens is 3. The average Bonchev–Trinajstić information content (AvgIpc) is 1.86. The van der Waals surface area contributed by atoms with Crippen molar-refractivity contribution in [2.45, 2.75) is 6.42 Å². The van der Waals surface area contributed by atoms with E-state index in [0.717, 1.165) is 6.42 Å². The Bertz CT molecular complexity index is 109. The molecule has 56 valence electrons. The molecular formula is C5H5Cl3Pt. The fourth-order valence-corrected chi connectivity index (χ4v) is 0.894. The van der Waals surface area contributed by atoms with E-state index in [-0.39, 0.29) is 37.2 Å². The maximum atomic E-state index is 2.32. The standard InChI is InChI=1S/C5H5.3ClH.Pt/c1-2-4-5-3-1;;;;/h1-3H,4H2;3*1H;/q;;;;+3/p-3. The summed E-state index contributed by atoms with van der Waals surface area (Å²) in [5, 5.41) is 0. The van der Waals surface area contributed by atoms with Crippen molar-refractivity contribution in [1.82, 2.24) is 0 Å². The van der Waals surface area contributed by atoms with Crippen molar-refractivity contribution in [3.63, 3.8) is 0 Å². The van der Waals surface area contributed by atoms with Crippen molar-refractivity contribution in [2.75, 3.05) is 0 Å². The zero-order valence-electron chi connectivity index (χ0n) is 4.39. The van der Waals surface area contributed by atoms with Crippen LogP contribution in [0.3, 0.4) is 0 Å². The van der Waals surface area contributed by atoms with Gasteiger partial charge in [-0.15, -0.1) is 0 Å². The molecular weight excluding hydrogens is 361 g/mol. The normalized spacial score (nSPS) is 12.3. The first-order chi connectivity index (χ1) is 2.89. The third-order valence-corrected chi connectivity index (χ3v) is 1.55. The van der Waals surface area contributed by atoms with E-state index in [1.165, 1.54) is 3.96 Å². The topological polar surface area (TPSA) is 0 Å². The van der Waals surface area contributed by atoms with Crippen LogP contribution in [0, 0.1) is 0 Å². The van der Waals surface area contributed by atoms with E-state index in [4.69, 9.17) is 0 Å². The summed E-state index contributed by atoms with van der Waals surface area (Å²) in [6.07, 6.45) is 7.52. The molecule has 0 spiro atoms. The fraction of sp³-hybridized carbons (Fsp3) is 0.200. The van der Waals surface area contributed by atoms with Crippen molar-refractivity contribution < 1.29 is 57.0 Å². The van der Waals surface area contributed by atoms with Crippen LogP contribution in [0.5, 0.6) is 0 Å². The second-order valence-corrected chi connectivity index (χ2v) is 2.67. The third-order valence-electron chi connectivity index (χ3n) is 0.703. The first-order valence-electron chi connectivity index (χ1n) is 1.88. The Kier molecular flexibility index (Phi) is 16.6. The zero-order valence-corrected chi connectivity index (χ0v) is 8.93. The molecule has 0 saturated carbocycles. The molecule has 0 nitrogen and oxygen atoms in total. The molecule has 0 heterocycles. The summed E-state index contributed by atoms with van der Waals surface area (Å²) in [5.41, 5.74) is 0. The summed E-state index contributed by atoms with van der Waals surface area (Å²) < 4.78 is 1.44. The van der Waals surface area contributed by atoms with Gasteiger partial charge in [0.2, 0.25) is 0 Å². The Morgan fingerprint density at radius 1 is 1.22 bits per heavy atom. The van der Waals surface area contributed by atoms with E-state index >= 15 is 0 Å². The minimum absolute atomic E-state index is 0. The van der Waals surface area contributed by atoms with Crippen molar-refractivity contribution in [1.29, 1.82) is 0 Å². The molecule has 0 N–H and O–H groups in total. The van der Waals surface area contributed by atoms with E-state index in [0.29, 0.717) is 0 Å². The summed E-state index contributed by atoms with van der Waals surface area (Å²) >= 11 is 2.32. The second kappa shape index (κ2) is 9.04. The number of hydrogen-bond acceptors (Lipinski definition) is 0. The monoisotopic (exact) mass is 365 g/mol. The van der Waals surface area contributed by atoms with E-state index in [1.54, 1.807) is 0 Å². The quantitative estimate of drug-likeness (QED) is 0.400. The Hall–Kier alpha value is 1.04. The fourth-order valence-electron chi connectivity index (χ4n) is 0.408. The molecule has 0 aliphatic heterocycles. The SMILES string of the molecule is [Cl-].[Cl-].[Cl-].[Pt+3][C]1=CC=CC1. The van der Waals surface area contributed by atoms with Gasteiger partial charge in [-0.05, 0) is 0 Å². The first kappa shape index (κ1) is 16.6. The predicted molar refractivity (Wildman–Crippen MR) is 21.8 cm³/mol. The molecule has 4 heteroatoms. The molecule has 1 rings (SSSR count). The van der Waals surface area contributed by atoms with Crippen molar-refractivity contribution in [3.05, 3.63) is 22.2 Å². The van der Waals surface area contributed by atoms with Gasteiger partial charge in [-0.3, -0.25) is 0 Å². The van der Waals surface area contributed by atoms with Gasteiger partial charge in [0.1, 0.15) is 0 Å². The molecule has 0 aromatic carbocycles. The van der Waals surface area contributed by atoms with Crippen LogP contribution in [0.2, 0.25) is 0 Å². The molecule has 0 bridgehead atoms. The maximum absolute atomic E-state index is 2.32. The number of hydrogen-bond donors (Lipinski definition) is 0. The van der Waals surface area contributed by atoms with Crippen molar-refractivity contribution in [2.24, 2.45) is 0 Å². The van der Waals surface area contributed by atoms with Gasteiger partial charge in [-0.2, -0.15) is 0 Å². The summed E-state index contributed by atoms with van der Waals surface area (Å²) in [6.45, 7) is 0.